The largest absolute Gasteiger partial charge is 0.396 e. The lowest BCUT2D eigenvalue weighted by Crippen LogP contribution is -2.29. The number of rotatable bonds is 3. The average molecular weight is 237 g/mol. The molecular weight excluding hydrogens is 218 g/mol. The first-order valence-electron chi connectivity index (χ1n) is 6.13. The molecule has 3 N–H and O–H groups in total. The van der Waals surface area contributed by atoms with E-state index < -0.39 is 0 Å². The van der Waals surface area contributed by atoms with Crippen LogP contribution in [0.2, 0.25) is 0 Å². The Morgan fingerprint density at radius 2 is 2.12 bits per heavy atom. The van der Waals surface area contributed by atoms with E-state index in [-0.39, 0.29) is 12.2 Å². The maximum Gasteiger partial charge on any atom is 0.254 e. The Labute approximate surface area is 100 Å². The van der Waals surface area contributed by atoms with Gasteiger partial charge in [-0.05, 0) is 32.9 Å². The lowest BCUT2D eigenvalue weighted by Gasteiger charge is -2.22. The van der Waals surface area contributed by atoms with Crippen molar-refractivity contribution in [1.29, 1.82) is 0 Å². The van der Waals surface area contributed by atoms with Crippen LogP contribution in [0.5, 0.6) is 0 Å². The number of hydrogen-bond donors (Lipinski definition) is 3. The first kappa shape index (κ1) is 12.3. The number of nitrogens with zero attached hydrogens (tertiary/aromatic N) is 1. The summed E-state index contributed by atoms with van der Waals surface area (Å²) in [6.45, 7) is 3.78. The monoisotopic (exact) mass is 237 g/mol. The Balaban J connectivity index is 2.27. The zero-order valence-electron chi connectivity index (χ0n) is 10.1. The van der Waals surface area contributed by atoms with Gasteiger partial charge in [-0.3, -0.25) is 4.79 Å². The van der Waals surface area contributed by atoms with E-state index in [9.17, 15) is 4.79 Å². The fourth-order valence-electron chi connectivity index (χ4n) is 2.33. The molecule has 0 bridgehead atoms. The molecule has 2 rings (SSSR count). The molecule has 0 radical (unpaired) electrons. The highest BCUT2D eigenvalue weighted by Crippen LogP contribution is 2.21. The van der Waals surface area contributed by atoms with Crippen LogP contribution in [0.1, 0.15) is 35.8 Å². The molecule has 0 aliphatic carbocycles. The van der Waals surface area contributed by atoms with Crippen LogP contribution in [0.15, 0.2) is 4.79 Å². The van der Waals surface area contributed by atoms with Crippen LogP contribution in [-0.2, 0) is 6.42 Å². The minimum Gasteiger partial charge on any atom is -0.396 e. The van der Waals surface area contributed by atoms with Gasteiger partial charge in [0.25, 0.3) is 5.56 Å². The number of aliphatic hydroxyl groups is 1. The van der Waals surface area contributed by atoms with Crippen molar-refractivity contribution in [3.8, 4) is 0 Å². The standard InChI is InChI=1S/C12H19N3O2/c1-8-10(4-7-16)12(17)15-11(14-8)9-2-5-13-6-3-9/h9,13,16H,2-7H2,1H3,(H,14,15,17). The third kappa shape index (κ3) is 2.73. The summed E-state index contributed by atoms with van der Waals surface area (Å²) in [5.41, 5.74) is 1.25. The molecule has 0 spiro atoms. The smallest absolute Gasteiger partial charge is 0.254 e. The molecule has 0 aromatic carbocycles. The molecule has 1 saturated heterocycles. The summed E-state index contributed by atoms with van der Waals surface area (Å²) in [6.07, 6.45) is 2.41. The molecule has 1 fully saturated rings. The number of aromatic amines is 1. The quantitative estimate of drug-likeness (QED) is 0.695. The van der Waals surface area contributed by atoms with E-state index in [2.05, 4.69) is 15.3 Å². The number of aromatic nitrogens is 2. The summed E-state index contributed by atoms with van der Waals surface area (Å²) >= 11 is 0. The van der Waals surface area contributed by atoms with E-state index >= 15 is 0 Å². The van der Waals surface area contributed by atoms with Gasteiger partial charge in [0.2, 0.25) is 0 Å². The van der Waals surface area contributed by atoms with Crippen molar-refractivity contribution in [2.24, 2.45) is 0 Å². The molecule has 5 nitrogen and oxygen atoms in total. The van der Waals surface area contributed by atoms with Crippen molar-refractivity contribution in [2.75, 3.05) is 19.7 Å². The predicted octanol–water partition coefficient (Wildman–Crippen LogP) is 0.0801. The van der Waals surface area contributed by atoms with Gasteiger partial charge >= 0.3 is 0 Å². The van der Waals surface area contributed by atoms with Crippen molar-refractivity contribution in [1.82, 2.24) is 15.3 Å². The lowest BCUT2D eigenvalue weighted by molar-refractivity contribution is 0.298. The van der Waals surface area contributed by atoms with Gasteiger partial charge in [-0.15, -0.1) is 0 Å². The fraction of sp³-hybridized carbons (Fsp3) is 0.667. The van der Waals surface area contributed by atoms with Gasteiger partial charge in [0, 0.05) is 30.2 Å². The van der Waals surface area contributed by atoms with Crippen LogP contribution < -0.4 is 10.9 Å². The molecule has 1 aliphatic heterocycles. The maximum atomic E-state index is 11.9. The second-order valence-electron chi connectivity index (χ2n) is 4.51. The third-order valence-electron chi connectivity index (χ3n) is 3.33. The molecule has 1 aliphatic rings. The van der Waals surface area contributed by atoms with Gasteiger partial charge in [-0.25, -0.2) is 4.98 Å². The van der Waals surface area contributed by atoms with Crippen LogP contribution in [0.25, 0.3) is 0 Å². The second kappa shape index (κ2) is 5.42. The summed E-state index contributed by atoms with van der Waals surface area (Å²) in [7, 11) is 0. The first-order chi connectivity index (χ1) is 8.22. The van der Waals surface area contributed by atoms with E-state index in [4.69, 9.17) is 5.11 Å². The van der Waals surface area contributed by atoms with Gasteiger partial charge in [0.1, 0.15) is 5.82 Å². The number of hydrogen-bond acceptors (Lipinski definition) is 4. The highest BCUT2D eigenvalue weighted by atomic mass is 16.3. The van der Waals surface area contributed by atoms with Crippen LogP contribution in [0.3, 0.4) is 0 Å². The Morgan fingerprint density at radius 3 is 2.71 bits per heavy atom. The SMILES string of the molecule is Cc1nc(C2CCNCC2)[nH]c(=O)c1CCO. The Hall–Kier alpha value is -1.20. The lowest BCUT2D eigenvalue weighted by atomic mass is 9.97. The van der Waals surface area contributed by atoms with Crippen molar-refractivity contribution < 1.29 is 5.11 Å². The van der Waals surface area contributed by atoms with Crippen molar-refractivity contribution >= 4 is 0 Å². The second-order valence-corrected chi connectivity index (χ2v) is 4.51. The number of nitrogens with one attached hydrogen (secondary N) is 2. The number of H-pyrrole nitrogens is 1. The summed E-state index contributed by atoms with van der Waals surface area (Å²) in [6, 6.07) is 0. The molecule has 94 valence electrons. The van der Waals surface area contributed by atoms with Crippen molar-refractivity contribution in [2.45, 2.75) is 32.1 Å². The summed E-state index contributed by atoms with van der Waals surface area (Å²) in [5.74, 6) is 1.15. The molecule has 2 heterocycles. The Bertz CT molecular complexity index is 436. The van der Waals surface area contributed by atoms with Crippen molar-refractivity contribution in [3.63, 3.8) is 0 Å². The molecule has 1 aromatic heterocycles. The highest BCUT2D eigenvalue weighted by molar-refractivity contribution is 5.18. The zero-order valence-corrected chi connectivity index (χ0v) is 10.1. The summed E-state index contributed by atoms with van der Waals surface area (Å²) in [4.78, 5) is 19.2. The van der Waals surface area contributed by atoms with Gasteiger partial charge in [0.05, 0.1) is 0 Å². The molecule has 17 heavy (non-hydrogen) atoms. The highest BCUT2D eigenvalue weighted by Gasteiger charge is 2.19. The minimum atomic E-state index is -0.0971. The van der Waals surface area contributed by atoms with Crippen molar-refractivity contribution in [3.05, 3.63) is 27.4 Å². The normalized spacial score (nSPS) is 17.3. The van der Waals surface area contributed by atoms with Gasteiger partial charge in [-0.2, -0.15) is 0 Å². The zero-order chi connectivity index (χ0) is 12.3. The minimum absolute atomic E-state index is 0.0156. The first-order valence-corrected chi connectivity index (χ1v) is 6.13. The summed E-state index contributed by atoms with van der Waals surface area (Å²) < 4.78 is 0. The van der Waals surface area contributed by atoms with E-state index in [1.165, 1.54) is 0 Å². The van der Waals surface area contributed by atoms with Gasteiger partial charge in [0.15, 0.2) is 0 Å². The Morgan fingerprint density at radius 1 is 1.41 bits per heavy atom. The average Bonchev–Trinajstić information content (AvgIpc) is 2.35. The van der Waals surface area contributed by atoms with Gasteiger partial charge < -0.3 is 15.4 Å². The molecule has 0 atom stereocenters. The van der Waals surface area contributed by atoms with E-state index in [1.54, 1.807) is 0 Å². The van der Waals surface area contributed by atoms with E-state index in [0.29, 0.717) is 17.9 Å². The number of aliphatic hydroxyl groups excluding tert-OH is 1. The molecule has 0 unspecified atom stereocenters. The summed E-state index contributed by atoms with van der Waals surface area (Å²) in [5, 5.41) is 12.2. The maximum absolute atomic E-state index is 11.9. The van der Waals surface area contributed by atoms with E-state index in [0.717, 1.165) is 37.4 Å². The van der Waals surface area contributed by atoms with Crippen LogP contribution in [0.4, 0.5) is 0 Å². The van der Waals surface area contributed by atoms with E-state index in [1.807, 2.05) is 6.92 Å². The molecule has 0 amide bonds. The van der Waals surface area contributed by atoms with Crippen LogP contribution >= 0.6 is 0 Å². The predicted molar refractivity (Wildman–Crippen MR) is 65.2 cm³/mol. The fourth-order valence-corrected chi connectivity index (χ4v) is 2.33. The van der Waals surface area contributed by atoms with Crippen LogP contribution in [-0.4, -0.2) is 34.8 Å². The number of piperidine rings is 1. The molecule has 0 saturated carbocycles. The Kier molecular flexibility index (Phi) is 3.91. The number of aryl methyl sites for hydroxylation is 1. The topological polar surface area (TPSA) is 78.0 Å². The molecular formula is C12H19N3O2. The van der Waals surface area contributed by atoms with Crippen LogP contribution in [0, 0.1) is 6.92 Å². The molecule has 5 heteroatoms. The third-order valence-corrected chi connectivity index (χ3v) is 3.33. The molecule has 1 aromatic rings. The van der Waals surface area contributed by atoms with Gasteiger partial charge in [-0.1, -0.05) is 0 Å².